The molecule has 0 saturated heterocycles. The molecular formula is C12H10N4. The minimum Gasteiger partial charge on any atom is -0.237 e. The summed E-state index contributed by atoms with van der Waals surface area (Å²) in [6, 6.07) is 13.8. The molecule has 0 spiro atoms. The molecular weight excluding hydrogens is 200 g/mol. The van der Waals surface area contributed by atoms with Crippen LogP contribution in [0.5, 0.6) is 0 Å². The van der Waals surface area contributed by atoms with Crippen molar-refractivity contribution in [2.45, 2.75) is 0 Å². The van der Waals surface area contributed by atoms with Crippen molar-refractivity contribution >= 4 is 17.7 Å². The molecule has 0 radical (unpaired) electrons. The lowest BCUT2D eigenvalue weighted by atomic mass is 10.2. The topological polar surface area (TPSA) is 40.5 Å². The van der Waals surface area contributed by atoms with Crippen molar-refractivity contribution in [2.75, 3.05) is 5.01 Å². The van der Waals surface area contributed by atoms with Gasteiger partial charge in [-0.25, -0.2) is 15.5 Å². The summed E-state index contributed by atoms with van der Waals surface area (Å²) in [5.41, 5.74) is 5.06. The van der Waals surface area contributed by atoms with Gasteiger partial charge in [-0.3, -0.25) is 0 Å². The minimum absolute atomic E-state index is 0.826. The van der Waals surface area contributed by atoms with Crippen LogP contribution in [0, 0.1) is 0 Å². The maximum absolute atomic E-state index is 4.29. The summed E-state index contributed by atoms with van der Waals surface area (Å²) in [7, 11) is 0. The Balaban J connectivity index is 2.09. The van der Waals surface area contributed by atoms with Crippen LogP contribution in [0.1, 0.15) is 5.56 Å². The van der Waals surface area contributed by atoms with Gasteiger partial charge in [0.15, 0.2) is 5.82 Å². The van der Waals surface area contributed by atoms with Crippen LogP contribution in [-0.2, 0) is 0 Å². The molecule has 16 heavy (non-hydrogen) atoms. The van der Waals surface area contributed by atoms with Crippen LogP contribution in [0.15, 0.2) is 53.8 Å². The first kappa shape index (κ1) is 8.91. The van der Waals surface area contributed by atoms with Crippen LogP contribution in [0.25, 0.3) is 0 Å². The third kappa shape index (κ3) is 1.40. The Labute approximate surface area is 93.2 Å². The Morgan fingerprint density at radius 3 is 2.75 bits per heavy atom. The normalized spacial score (nSPS) is 13.1. The van der Waals surface area contributed by atoms with Crippen LogP contribution >= 0.6 is 0 Å². The molecule has 0 amide bonds. The molecule has 78 valence electrons. The molecule has 0 aliphatic carbocycles. The summed E-state index contributed by atoms with van der Waals surface area (Å²) >= 11 is 0. The molecule has 1 aromatic heterocycles. The van der Waals surface area contributed by atoms with Gasteiger partial charge in [0.25, 0.3) is 0 Å². The molecule has 1 aromatic carbocycles. The summed E-state index contributed by atoms with van der Waals surface area (Å²) in [4.78, 5) is 4.29. The standard InChI is InChI=1S/C12H10N4/c1-2-6-11-10(5-1)9-14-15-16(11)12-7-3-4-8-13-12/h1-9,15H. The molecule has 1 aliphatic rings. The SMILES string of the molecule is C1=NNN(c2ccccn2)c2ccccc21. The fraction of sp³-hybridized carbons (Fsp3) is 0. The second-order valence-corrected chi connectivity index (χ2v) is 3.44. The summed E-state index contributed by atoms with van der Waals surface area (Å²) in [6.07, 6.45) is 3.56. The number of fused-ring (bicyclic) bond motifs is 1. The highest BCUT2D eigenvalue weighted by Gasteiger charge is 2.15. The van der Waals surface area contributed by atoms with E-state index in [0.717, 1.165) is 17.1 Å². The lowest BCUT2D eigenvalue weighted by Crippen LogP contribution is -2.33. The van der Waals surface area contributed by atoms with Gasteiger partial charge in [0.2, 0.25) is 0 Å². The number of nitrogens with one attached hydrogen (secondary N) is 1. The predicted octanol–water partition coefficient (Wildman–Crippen LogP) is 2.07. The van der Waals surface area contributed by atoms with Gasteiger partial charge in [-0.1, -0.05) is 24.3 Å². The van der Waals surface area contributed by atoms with Gasteiger partial charge in [0.1, 0.15) is 0 Å². The molecule has 3 rings (SSSR count). The first-order valence-corrected chi connectivity index (χ1v) is 5.04. The Bertz CT molecular complexity index is 522. The third-order valence-corrected chi connectivity index (χ3v) is 2.42. The summed E-state index contributed by atoms with van der Waals surface area (Å²) in [5, 5.41) is 5.94. The van der Waals surface area contributed by atoms with Crippen molar-refractivity contribution in [3.8, 4) is 0 Å². The van der Waals surface area contributed by atoms with Crippen LogP contribution in [-0.4, -0.2) is 11.2 Å². The third-order valence-electron chi connectivity index (χ3n) is 2.42. The molecule has 0 atom stereocenters. The van der Waals surface area contributed by atoms with Gasteiger partial charge in [-0.15, -0.1) is 0 Å². The lowest BCUT2D eigenvalue weighted by Gasteiger charge is -2.26. The maximum Gasteiger partial charge on any atom is 0.153 e. The van der Waals surface area contributed by atoms with E-state index >= 15 is 0 Å². The van der Waals surface area contributed by atoms with Crippen LogP contribution < -0.4 is 10.5 Å². The van der Waals surface area contributed by atoms with E-state index in [1.807, 2.05) is 47.5 Å². The number of pyridine rings is 1. The molecule has 0 fully saturated rings. The average molecular weight is 210 g/mol. The van der Waals surface area contributed by atoms with E-state index in [1.165, 1.54) is 0 Å². The molecule has 2 heterocycles. The van der Waals surface area contributed by atoms with Gasteiger partial charge in [-0.05, 0) is 18.2 Å². The number of hydrazine groups is 1. The second-order valence-electron chi connectivity index (χ2n) is 3.44. The monoisotopic (exact) mass is 210 g/mol. The number of hydrazone groups is 1. The number of hydrogen-bond acceptors (Lipinski definition) is 4. The Hall–Kier alpha value is -2.36. The molecule has 0 unspecified atom stereocenters. The van der Waals surface area contributed by atoms with Gasteiger partial charge in [0.05, 0.1) is 11.9 Å². The van der Waals surface area contributed by atoms with Gasteiger partial charge in [0, 0.05) is 11.8 Å². The van der Waals surface area contributed by atoms with E-state index in [9.17, 15) is 0 Å². The molecule has 0 bridgehead atoms. The van der Waals surface area contributed by atoms with Gasteiger partial charge in [-0.2, -0.15) is 5.10 Å². The van der Waals surface area contributed by atoms with E-state index < -0.39 is 0 Å². The smallest absolute Gasteiger partial charge is 0.153 e. The highest BCUT2D eigenvalue weighted by molar-refractivity contribution is 5.90. The number of aromatic nitrogens is 1. The molecule has 1 aliphatic heterocycles. The van der Waals surface area contributed by atoms with Crippen LogP contribution in [0.2, 0.25) is 0 Å². The van der Waals surface area contributed by atoms with Crippen molar-refractivity contribution in [3.05, 3.63) is 54.2 Å². The highest BCUT2D eigenvalue weighted by Crippen LogP contribution is 2.25. The van der Waals surface area contributed by atoms with Crippen LogP contribution in [0.4, 0.5) is 11.5 Å². The van der Waals surface area contributed by atoms with Crippen molar-refractivity contribution in [1.82, 2.24) is 10.5 Å². The summed E-state index contributed by atoms with van der Waals surface area (Å²) < 4.78 is 0. The number of benzene rings is 1. The Kier molecular flexibility index (Phi) is 2.04. The molecule has 0 saturated carbocycles. The molecule has 4 heteroatoms. The predicted molar refractivity (Wildman–Crippen MR) is 63.5 cm³/mol. The van der Waals surface area contributed by atoms with Crippen molar-refractivity contribution in [3.63, 3.8) is 0 Å². The first-order valence-electron chi connectivity index (χ1n) is 5.04. The number of rotatable bonds is 1. The number of para-hydroxylation sites is 1. The van der Waals surface area contributed by atoms with Gasteiger partial charge < -0.3 is 0 Å². The zero-order valence-corrected chi connectivity index (χ0v) is 8.54. The zero-order valence-electron chi connectivity index (χ0n) is 8.54. The van der Waals surface area contributed by atoms with Crippen LogP contribution in [0.3, 0.4) is 0 Å². The fourth-order valence-corrected chi connectivity index (χ4v) is 1.67. The summed E-state index contributed by atoms with van der Waals surface area (Å²) in [5.74, 6) is 0.826. The van der Waals surface area contributed by atoms with E-state index in [-0.39, 0.29) is 0 Å². The summed E-state index contributed by atoms with van der Waals surface area (Å²) in [6.45, 7) is 0. The number of hydrogen-bond donors (Lipinski definition) is 1. The van der Waals surface area contributed by atoms with E-state index in [4.69, 9.17) is 0 Å². The molecule has 1 N–H and O–H groups in total. The second kappa shape index (κ2) is 3.66. The quantitative estimate of drug-likeness (QED) is 0.783. The lowest BCUT2D eigenvalue weighted by molar-refractivity contribution is 0.742. The number of anilines is 2. The average Bonchev–Trinajstić information content (AvgIpc) is 2.39. The zero-order chi connectivity index (χ0) is 10.8. The maximum atomic E-state index is 4.29. The molecule has 2 aromatic rings. The van der Waals surface area contributed by atoms with E-state index in [0.29, 0.717) is 0 Å². The first-order chi connectivity index (χ1) is 7.95. The Morgan fingerprint density at radius 2 is 1.88 bits per heavy atom. The van der Waals surface area contributed by atoms with E-state index in [2.05, 4.69) is 15.6 Å². The van der Waals surface area contributed by atoms with Crippen molar-refractivity contribution in [1.29, 1.82) is 0 Å². The van der Waals surface area contributed by atoms with Crippen molar-refractivity contribution in [2.24, 2.45) is 5.10 Å². The van der Waals surface area contributed by atoms with Crippen molar-refractivity contribution < 1.29 is 0 Å². The van der Waals surface area contributed by atoms with E-state index in [1.54, 1.807) is 12.4 Å². The fourth-order valence-electron chi connectivity index (χ4n) is 1.67. The minimum atomic E-state index is 0.826. The highest BCUT2D eigenvalue weighted by atomic mass is 15.7. The van der Waals surface area contributed by atoms with Gasteiger partial charge >= 0.3 is 0 Å². The Morgan fingerprint density at radius 1 is 1.00 bits per heavy atom. The largest absolute Gasteiger partial charge is 0.237 e. The molecule has 4 nitrogen and oxygen atoms in total. The number of nitrogens with zero attached hydrogens (tertiary/aromatic N) is 3.